The quantitative estimate of drug-likeness (QED) is 0.200. The SMILES string of the molecule is O=C1c2cccc3cccc(c23)[C@]12N1CSC[C@H]1[C@H](c1ccc(Cl)cc1Cl)[C@]21CCC/C(=C\c2ccc(Cl)cc2Cl)C1=O. The lowest BCUT2D eigenvalue weighted by Gasteiger charge is -2.50. The van der Waals surface area contributed by atoms with Crippen LogP contribution in [0.15, 0.2) is 78.4 Å². The van der Waals surface area contributed by atoms with Gasteiger partial charge in [0.1, 0.15) is 5.54 Å². The van der Waals surface area contributed by atoms with Crippen molar-refractivity contribution in [1.82, 2.24) is 4.90 Å². The van der Waals surface area contributed by atoms with Gasteiger partial charge in [0.25, 0.3) is 0 Å². The van der Waals surface area contributed by atoms with Gasteiger partial charge >= 0.3 is 0 Å². The van der Waals surface area contributed by atoms with E-state index in [4.69, 9.17) is 46.4 Å². The molecule has 43 heavy (non-hydrogen) atoms. The van der Waals surface area contributed by atoms with E-state index in [0.717, 1.165) is 39.6 Å². The second kappa shape index (κ2) is 10.1. The topological polar surface area (TPSA) is 37.4 Å². The zero-order valence-electron chi connectivity index (χ0n) is 22.9. The summed E-state index contributed by atoms with van der Waals surface area (Å²) in [5, 5.41) is 4.05. The zero-order valence-corrected chi connectivity index (χ0v) is 26.7. The molecule has 0 amide bonds. The van der Waals surface area contributed by atoms with Crippen molar-refractivity contribution in [3.8, 4) is 0 Å². The van der Waals surface area contributed by atoms with Gasteiger partial charge in [0.2, 0.25) is 0 Å². The predicted molar refractivity (Wildman–Crippen MR) is 178 cm³/mol. The molecule has 0 N–H and O–H groups in total. The summed E-state index contributed by atoms with van der Waals surface area (Å²) in [4.78, 5) is 33.1. The lowest BCUT2D eigenvalue weighted by Crippen LogP contribution is -2.60. The minimum absolute atomic E-state index is 0.00153. The Balaban J connectivity index is 1.45. The summed E-state index contributed by atoms with van der Waals surface area (Å²) in [7, 11) is 0. The lowest BCUT2D eigenvalue weighted by atomic mass is 9.52. The Kier molecular flexibility index (Phi) is 6.62. The normalized spacial score (nSPS) is 29.1. The van der Waals surface area contributed by atoms with Crippen molar-refractivity contribution < 1.29 is 9.59 Å². The van der Waals surface area contributed by atoms with E-state index in [0.29, 0.717) is 49.9 Å². The van der Waals surface area contributed by atoms with Crippen LogP contribution < -0.4 is 0 Å². The fraction of sp³-hybridized carbons (Fsp3) is 0.257. The van der Waals surface area contributed by atoms with Gasteiger partial charge in [-0.2, -0.15) is 0 Å². The number of carbonyl (C=O) groups excluding carboxylic acids is 2. The number of halogens is 4. The molecule has 0 aromatic heterocycles. The van der Waals surface area contributed by atoms with Crippen LogP contribution in [0, 0.1) is 5.41 Å². The molecule has 4 aromatic carbocycles. The molecule has 2 spiro atoms. The Morgan fingerprint density at radius 3 is 2.37 bits per heavy atom. The van der Waals surface area contributed by atoms with E-state index in [1.54, 1.807) is 18.2 Å². The van der Waals surface area contributed by atoms with Gasteiger partial charge in [0, 0.05) is 49.2 Å². The molecule has 0 bridgehead atoms. The molecule has 4 aromatic rings. The molecule has 4 atom stereocenters. The van der Waals surface area contributed by atoms with Gasteiger partial charge in [-0.15, -0.1) is 11.8 Å². The van der Waals surface area contributed by atoms with Crippen LogP contribution in [-0.2, 0) is 10.3 Å². The number of thioether (sulfide) groups is 1. The maximum atomic E-state index is 15.5. The average molecular weight is 665 g/mol. The number of Topliss-reactive ketones (excluding diaryl/α,β-unsaturated/α-hetero) is 2. The van der Waals surface area contributed by atoms with Crippen molar-refractivity contribution >= 4 is 86.6 Å². The van der Waals surface area contributed by atoms with Crippen LogP contribution in [0.5, 0.6) is 0 Å². The molecule has 1 saturated carbocycles. The molecular weight excluding hydrogens is 640 g/mol. The largest absolute Gasteiger partial charge is 0.294 e. The third kappa shape index (κ3) is 3.69. The molecule has 3 fully saturated rings. The van der Waals surface area contributed by atoms with Crippen LogP contribution in [0.3, 0.4) is 0 Å². The van der Waals surface area contributed by atoms with Crippen molar-refractivity contribution in [3.63, 3.8) is 0 Å². The van der Waals surface area contributed by atoms with E-state index in [9.17, 15) is 0 Å². The lowest BCUT2D eigenvalue weighted by molar-refractivity contribution is -0.132. The van der Waals surface area contributed by atoms with E-state index in [1.807, 2.05) is 54.2 Å². The number of benzene rings is 4. The Morgan fingerprint density at radius 1 is 0.860 bits per heavy atom. The molecule has 3 nitrogen and oxygen atoms in total. The van der Waals surface area contributed by atoms with E-state index >= 15 is 9.59 Å². The van der Waals surface area contributed by atoms with Gasteiger partial charge in [-0.1, -0.05) is 94.9 Å². The summed E-state index contributed by atoms with van der Waals surface area (Å²) in [6.07, 6.45) is 3.82. The van der Waals surface area contributed by atoms with E-state index in [1.165, 1.54) is 0 Å². The third-order valence-corrected chi connectivity index (χ3v) is 12.2. The molecule has 0 unspecified atom stereocenters. The number of nitrogens with zero attached hydrogens (tertiary/aromatic N) is 1. The van der Waals surface area contributed by atoms with Crippen LogP contribution >= 0.6 is 58.2 Å². The Hall–Kier alpha value is -2.31. The Labute approximate surface area is 274 Å². The van der Waals surface area contributed by atoms with Crippen LogP contribution in [-0.4, -0.2) is 34.1 Å². The summed E-state index contributed by atoms with van der Waals surface area (Å²) in [6.45, 7) is 0. The van der Waals surface area contributed by atoms with Crippen molar-refractivity contribution in [2.45, 2.75) is 36.8 Å². The highest BCUT2D eigenvalue weighted by molar-refractivity contribution is 7.99. The standard InChI is InChI=1S/C35H25Cl4NO2S/c36-22-10-9-20(27(38)15-22)14-21-6-3-13-34(32(21)41)31(24-12-11-23(37)16-28(24)39)29-17-43-18-40(29)35(34)26-8-2-5-19-4-1-7-25(30(19)26)33(35)42/h1-2,4-5,7-12,14-16,29,31H,3,6,13,17-18H2/b21-14+/t29-,31-,34-,35-/m0/s1. The first kappa shape index (κ1) is 28.2. The number of ketones is 2. The van der Waals surface area contributed by atoms with Crippen molar-refractivity contribution in [2.75, 3.05) is 11.6 Å². The Morgan fingerprint density at radius 2 is 1.60 bits per heavy atom. The maximum Gasteiger partial charge on any atom is 0.189 e. The smallest absolute Gasteiger partial charge is 0.189 e. The first-order chi connectivity index (χ1) is 20.8. The molecule has 8 rings (SSSR count). The van der Waals surface area contributed by atoms with Crippen LogP contribution in [0.1, 0.15) is 52.2 Å². The first-order valence-electron chi connectivity index (χ1n) is 14.4. The van der Waals surface area contributed by atoms with Gasteiger partial charge in [0.05, 0.1) is 5.41 Å². The molecule has 2 aliphatic carbocycles. The van der Waals surface area contributed by atoms with E-state index in [-0.39, 0.29) is 23.5 Å². The van der Waals surface area contributed by atoms with Crippen LogP contribution in [0.2, 0.25) is 20.1 Å². The molecule has 2 aliphatic heterocycles. The van der Waals surface area contributed by atoms with Crippen molar-refractivity contribution in [1.29, 1.82) is 0 Å². The average Bonchev–Trinajstić information content (AvgIpc) is 3.62. The molecule has 2 heterocycles. The highest BCUT2D eigenvalue weighted by Gasteiger charge is 2.77. The molecule has 2 saturated heterocycles. The second-order valence-corrected chi connectivity index (χ2v) is 14.6. The fourth-order valence-corrected chi connectivity index (χ4v) is 10.9. The minimum atomic E-state index is -1.17. The van der Waals surface area contributed by atoms with Crippen LogP contribution in [0.4, 0.5) is 0 Å². The molecule has 216 valence electrons. The number of rotatable bonds is 2. The fourth-order valence-electron chi connectivity index (χ4n) is 8.65. The number of hydrogen-bond acceptors (Lipinski definition) is 4. The van der Waals surface area contributed by atoms with Gasteiger partial charge < -0.3 is 0 Å². The zero-order chi connectivity index (χ0) is 29.7. The van der Waals surface area contributed by atoms with Crippen molar-refractivity contribution in [2.24, 2.45) is 5.41 Å². The van der Waals surface area contributed by atoms with Gasteiger partial charge in [0.15, 0.2) is 11.6 Å². The summed E-state index contributed by atoms with van der Waals surface area (Å²) >= 11 is 28.0. The van der Waals surface area contributed by atoms with Gasteiger partial charge in [-0.25, -0.2) is 0 Å². The summed E-state index contributed by atoms with van der Waals surface area (Å²) in [5.74, 6) is 1.14. The number of carbonyl (C=O) groups is 2. The number of fused-ring (bicyclic) bond motifs is 4. The first-order valence-corrected chi connectivity index (χ1v) is 17.0. The summed E-state index contributed by atoms with van der Waals surface area (Å²) in [5.41, 5.74) is 1.64. The van der Waals surface area contributed by atoms with Gasteiger partial charge in [-0.3, -0.25) is 14.5 Å². The predicted octanol–water partition coefficient (Wildman–Crippen LogP) is 9.84. The minimum Gasteiger partial charge on any atom is -0.294 e. The maximum absolute atomic E-state index is 15.5. The molecule has 8 heteroatoms. The van der Waals surface area contributed by atoms with Crippen molar-refractivity contribution in [3.05, 3.63) is 121 Å². The third-order valence-electron chi connectivity index (χ3n) is 10.1. The number of allylic oxidation sites excluding steroid dienone is 1. The summed E-state index contributed by atoms with van der Waals surface area (Å²) < 4.78 is 0. The van der Waals surface area contributed by atoms with E-state index < -0.39 is 11.0 Å². The Bertz CT molecular complexity index is 1920. The second-order valence-electron chi connectivity index (χ2n) is 11.9. The number of hydrogen-bond donors (Lipinski definition) is 0. The molecule has 4 aliphatic rings. The molecule has 0 radical (unpaired) electrons. The highest BCUT2D eigenvalue weighted by atomic mass is 35.5. The monoisotopic (exact) mass is 663 g/mol. The highest BCUT2D eigenvalue weighted by Crippen LogP contribution is 2.71. The van der Waals surface area contributed by atoms with Crippen LogP contribution in [0.25, 0.3) is 16.8 Å². The van der Waals surface area contributed by atoms with Gasteiger partial charge in [-0.05, 0) is 82.6 Å². The summed E-state index contributed by atoms with van der Waals surface area (Å²) in [6, 6.07) is 22.9. The molecular formula is C35H25Cl4NO2S. The van der Waals surface area contributed by atoms with E-state index in [2.05, 4.69) is 23.1 Å².